The number of nitriles is 1. The lowest BCUT2D eigenvalue weighted by Gasteiger charge is -2.33. The Bertz CT molecular complexity index is 1190. The van der Waals surface area contributed by atoms with Crippen LogP contribution >= 0.6 is 0 Å². The fourth-order valence-electron chi connectivity index (χ4n) is 3.36. The molecule has 1 aliphatic rings. The predicted octanol–water partition coefficient (Wildman–Crippen LogP) is 3.10. The van der Waals surface area contributed by atoms with E-state index in [1.54, 1.807) is 6.92 Å². The molecule has 2 aromatic carbocycles. The number of alkyl halides is 2. The van der Waals surface area contributed by atoms with E-state index in [0.717, 1.165) is 0 Å². The van der Waals surface area contributed by atoms with Gasteiger partial charge in [0.15, 0.2) is 11.5 Å². The van der Waals surface area contributed by atoms with Crippen LogP contribution in [0.3, 0.4) is 0 Å². The molecule has 0 spiro atoms. The molecule has 1 saturated heterocycles. The molecule has 0 saturated carbocycles. The third-order valence-corrected chi connectivity index (χ3v) is 6.99. The summed E-state index contributed by atoms with van der Waals surface area (Å²) in [5.41, 5.74) is 0.922. The lowest BCUT2D eigenvalue weighted by molar-refractivity contribution is -0.127. The van der Waals surface area contributed by atoms with Crippen molar-refractivity contribution in [2.75, 3.05) is 32.8 Å². The lowest BCUT2D eigenvalue weighted by Crippen LogP contribution is -2.50. The highest BCUT2D eigenvalue weighted by Crippen LogP contribution is 2.30. The second-order valence-electron chi connectivity index (χ2n) is 7.22. The Morgan fingerprint density at radius 3 is 2.38 bits per heavy atom. The van der Waals surface area contributed by atoms with E-state index in [2.05, 4.69) is 4.74 Å². The summed E-state index contributed by atoms with van der Waals surface area (Å²) in [5, 5.41) is 8.87. The van der Waals surface area contributed by atoms with E-state index in [-0.39, 0.29) is 55.1 Å². The van der Waals surface area contributed by atoms with Crippen LogP contribution in [0.4, 0.5) is 8.78 Å². The number of ether oxygens (including phenoxy) is 2. The van der Waals surface area contributed by atoms with Crippen molar-refractivity contribution in [2.45, 2.75) is 18.4 Å². The standard InChI is InChI=1S/C23H23F2N3O5S/c1-2-32-21-15-17(5-9-20(21)33-23(24)25)6-10-22(29)27-11-13-28(14-12-27)34(30,31)19-7-3-18(16-26)4-8-19/h3-10,15,23H,2,11-14H2,1H3/b10-6+. The van der Waals surface area contributed by atoms with Crippen LogP contribution in [0, 0.1) is 11.3 Å². The van der Waals surface area contributed by atoms with Crippen LogP contribution in [0.5, 0.6) is 11.5 Å². The molecular formula is C23H23F2N3O5S. The first kappa shape index (κ1) is 25.1. The molecule has 0 bridgehead atoms. The number of rotatable bonds is 8. The van der Waals surface area contributed by atoms with Crippen molar-refractivity contribution in [2.24, 2.45) is 0 Å². The number of nitrogens with zero attached hydrogens (tertiary/aromatic N) is 3. The minimum atomic E-state index is -3.73. The van der Waals surface area contributed by atoms with Crippen LogP contribution < -0.4 is 9.47 Å². The summed E-state index contributed by atoms with van der Waals surface area (Å²) >= 11 is 0. The highest BCUT2D eigenvalue weighted by molar-refractivity contribution is 7.89. The predicted molar refractivity (Wildman–Crippen MR) is 120 cm³/mol. The van der Waals surface area contributed by atoms with E-state index in [9.17, 15) is 22.0 Å². The maximum atomic E-state index is 12.8. The van der Waals surface area contributed by atoms with Crippen molar-refractivity contribution in [1.82, 2.24) is 9.21 Å². The number of halogens is 2. The summed E-state index contributed by atoms with van der Waals surface area (Å²) in [7, 11) is -3.73. The number of carbonyl (C=O) groups excluding carboxylic acids is 1. The van der Waals surface area contributed by atoms with Gasteiger partial charge in [0.1, 0.15) is 0 Å². The van der Waals surface area contributed by atoms with Crippen molar-refractivity contribution in [3.05, 3.63) is 59.7 Å². The van der Waals surface area contributed by atoms with E-state index in [1.807, 2.05) is 6.07 Å². The fourth-order valence-corrected chi connectivity index (χ4v) is 4.78. The average molecular weight is 492 g/mol. The molecule has 3 rings (SSSR count). The molecule has 11 heteroatoms. The Kier molecular flexibility index (Phi) is 8.20. The number of benzene rings is 2. The van der Waals surface area contributed by atoms with Crippen LogP contribution in [0.15, 0.2) is 53.4 Å². The summed E-state index contributed by atoms with van der Waals surface area (Å²) in [6, 6.07) is 12.0. The first-order valence-electron chi connectivity index (χ1n) is 10.4. The Morgan fingerprint density at radius 1 is 1.12 bits per heavy atom. The third kappa shape index (κ3) is 6.09. The smallest absolute Gasteiger partial charge is 0.387 e. The minimum absolute atomic E-state index is 0.0931. The molecule has 0 aliphatic carbocycles. The van der Waals surface area contributed by atoms with E-state index in [0.29, 0.717) is 11.1 Å². The summed E-state index contributed by atoms with van der Waals surface area (Å²) < 4.78 is 61.8. The van der Waals surface area contributed by atoms with Gasteiger partial charge in [-0.3, -0.25) is 4.79 Å². The summed E-state index contributed by atoms with van der Waals surface area (Å²) in [5.74, 6) is -0.264. The molecule has 34 heavy (non-hydrogen) atoms. The molecule has 1 fully saturated rings. The van der Waals surface area contributed by atoms with Crippen molar-refractivity contribution in [1.29, 1.82) is 5.26 Å². The van der Waals surface area contributed by atoms with Gasteiger partial charge in [-0.05, 0) is 55.0 Å². The van der Waals surface area contributed by atoms with Gasteiger partial charge in [0.2, 0.25) is 15.9 Å². The summed E-state index contributed by atoms with van der Waals surface area (Å²) in [6.07, 6.45) is 2.86. The number of hydrogen-bond donors (Lipinski definition) is 0. The minimum Gasteiger partial charge on any atom is -0.490 e. The van der Waals surface area contributed by atoms with Gasteiger partial charge in [-0.15, -0.1) is 0 Å². The quantitative estimate of drug-likeness (QED) is 0.526. The number of hydrogen-bond acceptors (Lipinski definition) is 6. The van der Waals surface area contributed by atoms with E-state index >= 15 is 0 Å². The van der Waals surface area contributed by atoms with Gasteiger partial charge >= 0.3 is 6.61 Å². The monoisotopic (exact) mass is 491 g/mol. The van der Waals surface area contributed by atoms with Crippen LogP contribution in [-0.4, -0.2) is 62.9 Å². The molecule has 0 aromatic heterocycles. The zero-order valence-electron chi connectivity index (χ0n) is 18.4. The molecule has 8 nitrogen and oxygen atoms in total. The zero-order valence-corrected chi connectivity index (χ0v) is 19.2. The summed E-state index contributed by atoms with van der Waals surface area (Å²) in [4.78, 5) is 14.2. The molecule has 0 radical (unpaired) electrons. The van der Waals surface area contributed by atoms with Gasteiger partial charge in [0.05, 0.1) is 23.1 Å². The lowest BCUT2D eigenvalue weighted by atomic mass is 10.2. The second kappa shape index (κ2) is 11.1. The molecule has 0 atom stereocenters. The van der Waals surface area contributed by atoms with E-state index in [4.69, 9.17) is 10.00 Å². The molecule has 0 unspecified atom stereocenters. The number of piperazine rings is 1. The number of sulfonamides is 1. The van der Waals surface area contributed by atoms with Crippen molar-refractivity contribution < 1.29 is 31.5 Å². The van der Waals surface area contributed by atoms with Gasteiger partial charge in [-0.1, -0.05) is 6.07 Å². The maximum absolute atomic E-state index is 12.8. The average Bonchev–Trinajstić information content (AvgIpc) is 2.84. The maximum Gasteiger partial charge on any atom is 0.387 e. The van der Waals surface area contributed by atoms with Crippen LogP contribution in [0.2, 0.25) is 0 Å². The van der Waals surface area contributed by atoms with Gasteiger partial charge in [0.25, 0.3) is 0 Å². The van der Waals surface area contributed by atoms with Crippen LogP contribution in [-0.2, 0) is 14.8 Å². The Hall–Kier alpha value is -3.49. The molecule has 2 aromatic rings. The Balaban J connectivity index is 1.62. The van der Waals surface area contributed by atoms with E-state index < -0.39 is 16.6 Å². The van der Waals surface area contributed by atoms with E-state index in [1.165, 1.54) is 63.8 Å². The normalized spacial score (nSPS) is 14.9. The van der Waals surface area contributed by atoms with Gasteiger partial charge in [0, 0.05) is 32.3 Å². The molecule has 0 N–H and O–H groups in total. The number of carbonyl (C=O) groups is 1. The van der Waals surface area contributed by atoms with Crippen LogP contribution in [0.1, 0.15) is 18.1 Å². The van der Waals surface area contributed by atoms with Gasteiger partial charge in [-0.2, -0.15) is 18.3 Å². The zero-order chi connectivity index (χ0) is 24.7. The van der Waals surface area contributed by atoms with Crippen LogP contribution in [0.25, 0.3) is 6.08 Å². The highest BCUT2D eigenvalue weighted by Gasteiger charge is 2.29. The fraction of sp³-hybridized carbons (Fsp3) is 0.304. The molecular weight excluding hydrogens is 468 g/mol. The Morgan fingerprint density at radius 2 is 1.79 bits per heavy atom. The first-order valence-corrected chi connectivity index (χ1v) is 11.9. The molecule has 1 heterocycles. The second-order valence-corrected chi connectivity index (χ2v) is 9.15. The molecule has 1 aliphatic heterocycles. The van der Waals surface area contributed by atoms with Crippen molar-refractivity contribution >= 4 is 22.0 Å². The largest absolute Gasteiger partial charge is 0.490 e. The molecule has 180 valence electrons. The topological polar surface area (TPSA) is 99.9 Å². The summed E-state index contributed by atoms with van der Waals surface area (Å²) in [6.45, 7) is -0.331. The third-order valence-electron chi connectivity index (χ3n) is 5.07. The van der Waals surface area contributed by atoms with Crippen molar-refractivity contribution in [3.8, 4) is 17.6 Å². The Labute approximate surface area is 196 Å². The first-order chi connectivity index (χ1) is 16.2. The SMILES string of the molecule is CCOc1cc(/C=C/C(=O)N2CCN(S(=O)(=O)c3ccc(C#N)cc3)CC2)ccc1OC(F)F. The van der Waals surface area contributed by atoms with Gasteiger partial charge < -0.3 is 14.4 Å². The van der Waals surface area contributed by atoms with Gasteiger partial charge in [-0.25, -0.2) is 8.42 Å². The number of amides is 1. The van der Waals surface area contributed by atoms with Crippen molar-refractivity contribution in [3.63, 3.8) is 0 Å². The molecule has 1 amide bonds. The highest BCUT2D eigenvalue weighted by atomic mass is 32.2.